The van der Waals surface area contributed by atoms with Gasteiger partial charge in [0.15, 0.2) is 0 Å². The minimum Gasteiger partial charge on any atom is -0.458 e. The van der Waals surface area contributed by atoms with Crippen LogP contribution in [0.3, 0.4) is 0 Å². The first-order valence-electron chi connectivity index (χ1n) is 6.18. The van der Waals surface area contributed by atoms with Crippen LogP contribution < -0.4 is 5.73 Å². The van der Waals surface area contributed by atoms with Crippen LogP contribution in [0.4, 0.5) is 0 Å². The number of hydrogen-bond acceptors (Lipinski definition) is 4. The average Bonchev–Trinajstić information content (AvgIpc) is 2.70. The Kier molecular flexibility index (Phi) is 3.50. The summed E-state index contributed by atoms with van der Waals surface area (Å²) < 4.78 is 10.6. The highest BCUT2D eigenvalue weighted by molar-refractivity contribution is 5.80. The van der Waals surface area contributed by atoms with Crippen molar-refractivity contribution in [2.45, 2.75) is 50.7 Å². The smallest absolute Gasteiger partial charge is 0.326 e. The van der Waals surface area contributed by atoms with E-state index >= 15 is 0 Å². The summed E-state index contributed by atoms with van der Waals surface area (Å²) in [6, 6.07) is 0. The normalized spacial score (nSPS) is 39.6. The van der Waals surface area contributed by atoms with Crippen LogP contribution in [0.25, 0.3) is 0 Å². The Bertz CT molecular complexity index is 263. The van der Waals surface area contributed by atoms with E-state index < -0.39 is 5.54 Å². The molecule has 2 N–H and O–H groups in total. The van der Waals surface area contributed by atoms with E-state index in [0.717, 1.165) is 25.7 Å². The summed E-state index contributed by atoms with van der Waals surface area (Å²) in [5, 5.41) is 0. The lowest BCUT2D eigenvalue weighted by molar-refractivity contribution is -0.157. The highest BCUT2D eigenvalue weighted by Gasteiger charge is 2.40. The molecule has 3 atom stereocenters. The lowest BCUT2D eigenvalue weighted by Gasteiger charge is -2.35. The molecule has 0 aromatic carbocycles. The maximum Gasteiger partial charge on any atom is 0.326 e. The Balaban J connectivity index is 1.91. The summed E-state index contributed by atoms with van der Waals surface area (Å²) in [5.41, 5.74) is 5.41. The fourth-order valence-corrected chi connectivity index (χ4v) is 2.65. The van der Waals surface area contributed by atoms with Crippen LogP contribution in [0.5, 0.6) is 0 Å². The van der Waals surface area contributed by atoms with Gasteiger partial charge < -0.3 is 15.2 Å². The zero-order valence-corrected chi connectivity index (χ0v) is 9.91. The first-order valence-corrected chi connectivity index (χ1v) is 6.18. The van der Waals surface area contributed by atoms with Crippen molar-refractivity contribution in [3.63, 3.8) is 0 Å². The van der Waals surface area contributed by atoms with E-state index in [2.05, 4.69) is 6.92 Å². The SMILES string of the molecule is CC1CCCC(N)(C(=O)OC2CCOC2)C1. The van der Waals surface area contributed by atoms with Crippen molar-refractivity contribution < 1.29 is 14.3 Å². The maximum atomic E-state index is 12.0. The molecule has 0 aromatic rings. The Morgan fingerprint density at radius 2 is 2.31 bits per heavy atom. The number of nitrogens with two attached hydrogens (primary N) is 1. The van der Waals surface area contributed by atoms with Gasteiger partial charge in [-0.05, 0) is 18.8 Å². The molecular weight excluding hydrogens is 206 g/mol. The molecule has 0 radical (unpaired) electrons. The number of esters is 1. The highest BCUT2D eigenvalue weighted by atomic mass is 16.6. The summed E-state index contributed by atoms with van der Waals surface area (Å²) >= 11 is 0. The molecule has 4 heteroatoms. The summed E-state index contributed by atoms with van der Waals surface area (Å²) in [5.74, 6) is 0.292. The first-order chi connectivity index (χ1) is 7.60. The zero-order valence-electron chi connectivity index (χ0n) is 9.91. The second-order valence-corrected chi connectivity index (χ2v) is 5.25. The highest BCUT2D eigenvalue weighted by Crippen LogP contribution is 2.31. The third-order valence-corrected chi connectivity index (χ3v) is 3.60. The van der Waals surface area contributed by atoms with Gasteiger partial charge in [0.1, 0.15) is 11.6 Å². The zero-order chi connectivity index (χ0) is 11.6. The summed E-state index contributed by atoms with van der Waals surface area (Å²) in [6.07, 6.45) is 4.41. The standard InChI is InChI=1S/C12H21NO3/c1-9-3-2-5-12(13,7-9)11(14)16-10-4-6-15-8-10/h9-10H,2-8,13H2,1H3. The second-order valence-electron chi connectivity index (χ2n) is 5.25. The molecule has 4 nitrogen and oxygen atoms in total. The van der Waals surface area contributed by atoms with Gasteiger partial charge in [0.2, 0.25) is 0 Å². The minimum atomic E-state index is -0.750. The van der Waals surface area contributed by atoms with E-state index in [1.807, 2.05) is 0 Å². The monoisotopic (exact) mass is 227 g/mol. The summed E-state index contributed by atoms with van der Waals surface area (Å²) in [4.78, 5) is 12.0. The van der Waals surface area contributed by atoms with Crippen LogP contribution in [0.1, 0.15) is 39.0 Å². The van der Waals surface area contributed by atoms with Gasteiger partial charge in [-0.3, -0.25) is 4.79 Å². The average molecular weight is 227 g/mol. The molecular formula is C12H21NO3. The van der Waals surface area contributed by atoms with Crippen LogP contribution in [0, 0.1) is 5.92 Å². The molecule has 1 saturated heterocycles. The fraction of sp³-hybridized carbons (Fsp3) is 0.917. The van der Waals surface area contributed by atoms with Gasteiger partial charge in [0.25, 0.3) is 0 Å². The molecule has 1 saturated carbocycles. The van der Waals surface area contributed by atoms with E-state index in [-0.39, 0.29) is 12.1 Å². The Labute approximate surface area is 96.5 Å². The molecule has 0 aromatic heterocycles. The van der Waals surface area contributed by atoms with Gasteiger partial charge >= 0.3 is 5.97 Å². The number of hydrogen-bond donors (Lipinski definition) is 1. The van der Waals surface area contributed by atoms with Crippen LogP contribution in [0.2, 0.25) is 0 Å². The third-order valence-electron chi connectivity index (χ3n) is 3.60. The Morgan fingerprint density at radius 1 is 1.50 bits per heavy atom. The van der Waals surface area contributed by atoms with Gasteiger partial charge in [-0.2, -0.15) is 0 Å². The minimum absolute atomic E-state index is 0.0786. The van der Waals surface area contributed by atoms with Crippen molar-refractivity contribution in [3.8, 4) is 0 Å². The van der Waals surface area contributed by atoms with E-state index in [9.17, 15) is 4.79 Å². The van der Waals surface area contributed by atoms with Crippen molar-refractivity contribution >= 4 is 5.97 Å². The lowest BCUT2D eigenvalue weighted by atomic mass is 9.77. The van der Waals surface area contributed by atoms with Crippen LogP contribution in [-0.4, -0.2) is 30.8 Å². The predicted octanol–water partition coefficient (Wildman–Crippen LogP) is 1.23. The molecule has 1 heterocycles. The summed E-state index contributed by atoms with van der Waals surface area (Å²) in [6.45, 7) is 3.36. The van der Waals surface area contributed by atoms with Gasteiger partial charge in [-0.15, -0.1) is 0 Å². The molecule has 1 aliphatic heterocycles. The quantitative estimate of drug-likeness (QED) is 0.721. The molecule has 3 unspecified atom stereocenters. The van der Waals surface area contributed by atoms with E-state index in [1.54, 1.807) is 0 Å². The van der Waals surface area contributed by atoms with Crippen molar-refractivity contribution in [2.24, 2.45) is 11.7 Å². The first kappa shape index (κ1) is 11.9. The van der Waals surface area contributed by atoms with Crippen LogP contribution in [0.15, 0.2) is 0 Å². The Hall–Kier alpha value is -0.610. The predicted molar refractivity (Wildman–Crippen MR) is 59.9 cm³/mol. The van der Waals surface area contributed by atoms with Gasteiger partial charge in [0.05, 0.1) is 13.2 Å². The molecule has 16 heavy (non-hydrogen) atoms. The molecule has 0 amide bonds. The van der Waals surface area contributed by atoms with E-state index in [0.29, 0.717) is 19.1 Å². The van der Waals surface area contributed by atoms with Crippen molar-refractivity contribution in [3.05, 3.63) is 0 Å². The third kappa shape index (κ3) is 2.55. The molecule has 2 rings (SSSR count). The largest absolute Gasteiger partial charge is 0.458 e. The Morgan fingerprint density at radius 3 is 2.94 bits per heavy atom. The molecule has 1 aliphatic carbocycles. The van der Waals surface area contributed by atoms with E-state index in [1.165, 1.54) is 6.42 Å². The van der Waals surface area contributed by atoms with Crippen molar-refractivity contribution in [2.75, 3.05) is 13.2 Å². The fourth-order valence-electron chi connectivity index (χ4n) is 2.65. The van der Waals surface area contributed by atoms with Crippen molar-refractivity contribution in [1.29, 1.82) is 0 Å². The number of carbonyl (C=O) groups is 1. The van der Waals surface area contributed by atoms with Gasteiger partial charge in [-0.1, -0.05) is 19.8 Å². The van der Waals surface area contributed by atoms with Crippen LogP contribution >= 0.6 is 0 Å². The molecule has 2 aliphatic rings. The van der Waals surface area contributed by atoms with Gasteiger partial charge in [0, 0.05) is 6.42 Å². The molecule has 0 spiro atoms. The molecule has 2 fully saturated rings. The lowest BCUT2D eigenvalue weighted by Crippen LogP contribution is -2.52. The van der Waals surface area contributed by atoms with Crippen LogP contribution in [-0.2, 0) is 14.3 Å². The topological polar surface area (TPSA) is 61.6 Å². The number of rotatable bonds is 2. The van der Waals surface area contributed by atoms with Crippen molar-refractivity contribution in [1.82, 2.24) is 0 Å². The van der Waals surface area contributed by atoms with E-state index in [4.69, 9.17) is 15.2 Å². The second kappa shape index (κ2) is 4.72. The number of ether oxygens (including phenoxy) is 2. The van der Waals surface area contributed by atoms with Gasteiger partial charge in [-0.25, -0.2) is 0 Å². The molecule has 0 bridgehead atoms. The summed E-state index contributed by atoms with van der Waals surface area (Å²) in [7, 11) is 0. The number of carbonyl (C=O) groups excluding carboxylic acids is 1. The molecule has 92 valence electrons. The maximum absolute atomic E-state index is 12.0.